The average Bonchev–Trinajstić information content (AvgIpc) is 2.27. The van der Waals surface area contributed by atoms with Crippen LogP contribution in [0.5, 0.6) is 0 Å². The summed E-state index contributed by atoms with van der Waals surface area (Å²) in [5, 5.41) is 5.15. The van der Waals surface area contributed by atoms with Gasteiger partial charge in [-0.1, -0.05) is 30.3 Å². The molecule has 2 aromatic carbocycles. The van der Waals surface area contributed by atoms with Crippen molar-refractivity contribution in [1.82, 2.24) is 5.32 Å². The summed E-state index contributed by atoms with van der Waals surface area (Å²) in [6.45, 7) is 5.92. The first kappa shape index (κ1) is 13.1. The Labute approximate surface area is 116 Å². The van der Waals surface area contributed by atoms with Crippen molar-refractivity contribution in [1.29, 1.82) is 0 Å². The van der Waals surface area contributed by atoms with Crippen molar-refractivity contribution in [2.45, 2.75) is 26.3 Å². The molecule has 2 rings (SSSR count). The third kappa shape index (κ3) is 2.72. The summed E-state index contributed by atoms with van der Waals surface area (Å²) in [5.41, 5.74) is 0.436. The Balaban J connectivity index is 2.46. The topological polar surface area (TPSA) is 29.1 Å². The molecule has 0 heterocycles. The van der Waals surface area contributed by atoms with Gasteiger partial charge in [-0.25, -0.2) is 0 Å². The molecule has 94 valence electrons. The van der Waals surface area contributed by atoms with E-state index in [-0.39, 0.29) is 11.4 Å². The number of fused-ring (bicyclic) bond motifs is 1. The molecule has 0 saturated carbocycles. The average molecular weight is 306 g/mol. The number of nitrogens with one attached hydrogen (secondary N) is 1. The molecule has 0 radical (unpaired) electrons. The first-order valence-corrected chi connectivity index (χ1v) is 6.67. The summed E-state index contributed by atoms with van der Waals surface area (Å²) in [6, 6.07) is 11.8. The normalized spacial score (nSPS) is 11.6. The Morgan fingerprint density at radius 1 is 1.11 bits per heavy atom. The largest absolute Gasteiger partial charge is 0.347 e. The summed E-state index contributed by atoms with van der Waals surface area (Å²) < 4.78 is 0.849. The van der Waals surface area contributed by atoms with Gasteiger partial charge in [0.15, 0.2) is 0 Å². The Morgan fingerprint density at radius 2 is 1.78 bits per heavy atom. The maximum Gasteiger partial charge on any atom is 0.252 e. The molecule has 0 unspecified atom stereocenters. The molecule has 0 aliphatic rings. The van der Waals surface area contributed by atoms with Crippen molar-refractivity contribution >= 4 is 32.6 Å². The fraction of sp³-hybridized carbons (Fsp3) is 0.267. The summed E-state index contributed by atoms with van der Waals surface area (Å²) >= 11 is 3.53. The Kier molecular flexibility index (Phi) is 3.44. The third-order valence-electron chi connectivity index (χ3n) is 2.60. The standard InChI is InChI=1S/C15H16BrNO/c1-15(2,3)17-14(18)12-9-8-10-6-4-5-7-11(10)13(12)16/h4-9H,1-3H3,(H,17,18). The van der Waals surface area contributed by atoms with E-state index in [1.165, 1.54) is 0 Å². The molecular formula is C15H16BrNO. The van der Waals surface area contributed by atoms with Crippen molar-refractivity contribution in [2.24, 2.45) is 0 Å². The fourth-order valence-electron chi connectivity index (χ4n) is 1.82. The second kappa shape index (κ2) is 4.73. The monoisotopic (exact) mass is 305 g/mol. The summed E-state index contributed by atoms with van der Waals surface area (Å²) in [6.07, 6.45) is 0. The molecule has 0 fully saturated rings. The zero-order valence-electron chi connectivity index (χ0n) is 10.8. The van der Waals surface area contributed by atoms with E-state index in [0.717, 1.165) is 15.2 Å². The molecule has 2 nitrogen and oxygen atoms in total. The SMILES string of the molecule is CC(C)(C)NC(=O)c1ccc2ccccc2c1Br. The number of halogens is 1. The number of amides is 1. The van der Waals surface area contributed by atoms with E-state index in [4.69, 9.17) is 0 Å². The number of hydrogen-bond donors (Lipinski definition) is 1. The van der Waals surface area contributed by atoms with E-state index < -0.39 is 0 Å². The van der Waals surface area contributed by atoms with E-state index in [2.05, 4.69) is 21.2 Å². The van der Waals surface area contributed by atoms with Crippen LogP contribution >= 0.6 is 15.9 Å². The molecule has 0 saturated heterocycles. The molecule has 1 amide bonds. The Bertz CT molecular complexity index is 599. The van der Waals surface area contributed by atoms with E-state index in [1.54, 1.807) is 0 Å². The number of carbonyl (C=O) groups excluding carboxylic acids is 1. The van der Waals surface area contributed by atoms with Gasteiger partial charge in [0.1, 0.15) is 0 Å². The number of hydrogen-bond acceptors (Lipinski definition) is 1. The quantitative estimate of drug-likeness (QED) is 0.843. The van der Waals surface area contributed by atoms with Crippen molar-refractivity contribution < 1.29 is 4.79 Å². The van der Waals surface area contributed by atoms with Crippen LogP contribution in [-0.4, -0.2) is 11.4 Å². The fourth-order valence-corrected chi connectivity index (χ4v) is 2.49. The zero-order valence-corrected chi connectivity index (χ0v) is 12.3. The van der Waals surface area contributed by atoms with Gasteiger partial charge < -0.3 is 5.32 Å². The second-order valence-electron chi connectivity index (χ2n) is 5.35. The van der Waals surface area contributed by atoms with Crippen LogP contribution in [0.4, 0.5) is 0 Å². The van der Waals surface area contributed by atoms with Crippen molar-refractivity contribution in [3.05, 3.63) is 46.4 Å². The van der Waals surface area contributed by atoms with Crippen LogP contribution in [0.3, 0.4) is 0 Å². The lowest BCUT2D eigenvalue weighted by Crippen LogP contribution is -2.40. The van der Waals surface area contributed by atoms with Gasteiger partial charge in [-0.2, -0.15) is 0 Å². The molecule has 0 aliphatic heterocycles. The number of carbonyl (C=O) groups is 1. The van der Waals surface area contributed by atoms with Crippen molar-refractivity contribution in [2.75, 3.05) is 0 Å². The van der Waals surface area contributed by atoms with Crippen molar-refractivity contribution in [3.8, 4) is 0 Å². The van der Waals surface area contributed by atoms with Gasteiger partial charge in [-0.3, -0.25) is 4.79 Å². The Morgan fingerprint density at radius 3 is 2.44 bits per heavy atom. The van der Waals surface area contributed by atoms with Gasteiger partial charge in [0.2, 0.25) is 0 Å². The lowest BCUT2D eigenvalue weighted by molar-refractivity contribution is 0.0919. The van der Waals surface area contributed by atoms with Gasteiger partial charge in [-0.15, -0.1) is 0 Å². The van der Waals surface area contributed by atoms with Crippen LogP contribution in [0.15, 0.2) is 40.9 Å². The van der Waals surface area contributed by atoms with E-state index in [9.17, 15) is 4.79 Å². The molecule has 0 bridgehead atoms. The molecule has 18 heavy (non-hydrogen) atoms. The second-order valence-corrected chi connectivity index (χ2v) is 6.15. The first-order valence-electron chi connectivity index (χ1n) is 5.88. The smallest absolute Gasteiger partial charge is 0.252 e. The summed E-state index contributed by atoms with van der Waals surface area (Å²) in [4.78, 5) is 12.2. The predicted molar refractivity (Wildman–Crippen MR) is 78.9 cm³/mol. The van der Waals surface area contributed by atoms with Gasteiger partial charge >= 0.3 is 0 Å². The maximum absolute atomic E-state index is 12.2. The highest BCUT2D eigenvalue weighted by molar-refractivity contribution is 9.10. The summed E-state index contributed by atoms with van der Waals surface area (Å²) in [7, 11) is 0. The van der Waals surface area contributed by atoms with E-state index in [1.807, 2.05) is 57.2 Å². The third-order valence-corrected chi connectivity index (χ3v) is 3.45. The number of benzene rings is 2. The zero-order chi connectivity index (χ0) is 13.3. The van der Waals surface area contributed by atoms with Gasteiger partial charge in [0.25, 0.3) is 5.91 Å². The molecule has 3 heteroatoms. The highest BCUT2D eigenvalue weighted by Gasteiger charge is 2.18. The van der Waals surface area contributed by atoms with E-state index in [0.29, 0.717) is 5.56 Å². The lowest BCUT2D eigenvalue weighted by Gasteiger charge is -2.21. The molecule has 2 aromatic rings. The highest BCUT2D eigenvalue weighted by Crippen LogP contribution is 2.27. The van der Waals surface area contributed by atoms with Crippen LogP contribution in [0.2, 0.25) is 0 Å². The minimum Gasteiger partial charge on any atom is -0.347 e. The molecule has 0 aliphatic carbocycles. The highest BCUT2D eigenvalue weighted by atomic mass is 79.9. The predicted octanol–water partition coefficient (Wildman–Crippen LogP) is 4.13. The first-order chi connectivity index (χ1) is 8.38. The minimum atomic E-state index is -0.234. The van der Waals surface area contributed by atoms with Gasteiger partial charge in [0.05, 0.1) is 5.56 Å². The minimum absolute atomic E-state index is 0.0554. The van der Waals surface area contributed by atoms with E-state index >= 15 is 0 Å². The maximum atomic E-state index is 12.2. The molecule has 0 spiro atoms. The lowest BCUT2D eigenvalue weighted by atomic mass is 10.0. The van der Waals surface area contributed by atoms with Crippen LogP contribution in [0.25, 0.3) is 10.8 Å². The molecule has 0 aromatic heterocycles. The molecule has 0 atom stereocenters. The van der Waals surface area contributed by atoms with Crippen LogP contribution in [-0.2, 0) is 0 Å². The summed E-state index contributed by atoms with van der Waals surface area (Å²) in [5.74, 6) is -0.0554. The van der Waals surface area contributed by atoms with Gasteiger partial charge in [-0.05, 0) is 53.5 Å². The van der Waals surface area contributed by atoms with Crippen LogP contribution in [0.1, 0.15) is 31.1 Å². The number of rotatable bonds is 1. The van der Waals surface area contributed by atoms with Crippen LogP contribution in [0, 0.1) is 0 Å². The molecule has 1 N–H and O–H groups in total. The van der Waals surface area contributed by atoms with Crippen LogP contribution < -0.4 is 5.32 Å². The van der Waals surface area contributed by atoms with Crippen molar-refractivity contribution in [3.63, 3.8) is 0 Å². The van der Waals surface area contributed by atoms with Gasteiger partial charge in [0, 0.05) is 10.0 Å². The molecular weight excluding hydrogens is 290 g/mol. The Hall–Kier alpha value is -1.35.